The number of halogens is 1. The molecule has 0 aliphatic carbocycles. The average Bonchev–Trinajstić information content (AvgIpc) is 2.86. The van der Waals surface area contributed by atoms with Gasteiger partial charge in [0.1, 0.15) is 11.6 Å². The van der Waals surface area contributed by atoms with E-state index in [0.717, 1.165) is 6.07 Å². The zero-order chi connectivity index (χ0) is 19.4. The van der Waals surface area contributed by atoms with Crippen molar-refractivity contribution in [2.75, 3.05) is 6.61 Å². The number of aryl methyl sites for hydroxylation is 1. The molecule has 1 heterocycles. The summed E-state index contributed by atoms with van der Waals surface area (Å²) in [5.41, 5.74) is 1.81. The van der Waals surface area contributed by atoms with Crippen molar-refractivity contribution in [2.24, 2.45) is 0 Å². The number of carbonyl (C=O) groups excluding carboxylic acids is 3. The van der Waals surface area contributed by atoms with Gasteiger partial charge in [-0.1, -0.05) is 6.07 Å². The van der Waals surface area contributed by atoms with E-state index in [1.807, 2.05) is 0 Å². The van der Waals surface area contributed by atoms with Crippen molar-refractivity contribution in [1.29, 1.82) is 0 Å². The van der Waals surface area contributed by atoms with E-state index in [2.05, 4.69) is 4.98 Å². The molecule has 0 saturated carbocycles. The van der Waals surface area contributed by atoms with Crippen LogP contribution in [0.25, 0.3) is 0 Å². The van der Waals surface area contributed by atoms with Gasteiger partial charge in [0.2, 0.25) is 5.78 Å². The second-order valence-corrected chi connectivity index (χ2v) is 5.92. The Morgan fingerprint density at radius 3 is 2.50 bits per heavy atom. The highest BCUT2D eigenvalue weighted by Crippen LogP contribution is 2.20. The van der Waals surface area contributed by atoms with Crippen molar-refractivity contribution in [3.63, 3.8) is 0 Å². The van der Waals surface area contributed by atoms with Gasteiger partial charge in [0.15, 0.2) is 18.5 Å². The van der Waals surface area contributed by atoms with Crippen molar-refractivity contribution in [1.82, 2.24) is 4.98 Å². The number of aromatic nitrogens is 1. The number of benzene rings is 1. The van der Waals surface area contributed by atoms with Crippen LogP contribution < -0.4 is 4.74 Å². The third-order valence-corrected chi connectivity index (χ3v) is 3.87. The monoisotopic (exact) mass is 361 g/mol. The van der Waals surface area contributed by atoms with Crippen LogP contribution in [0, 0.1) is 19.7 Å². The summed E-state index contributed by atoms with van der Waals surface area (Å²) >= 11 is 0. The van der Waals surface area contributed by atoms with Crippen LogP contribution in [0.3, 0.4) is 0 Å². The summed E-state index contributed by atoms with van der Waals surface area (Å²) in [6, 6.07) is 5.34. The van der Waals surface area contributed by atoms with Gasteiger partial charge >= 0.3 is 5.97 Å². The fourth-order valence-corrected chi connectivity index (χ4v) is 2.71. The van der Waals surface area contributed by atoms with Gasteiger partial charge in [-0.05, 0) is 45.4 Å². The first-order valence-corrected chi connectivity index (χ1v) is 8.02. The molecule has 1 aromatic heterocycles. The van der Waals surface area contributed by atoms with Crippen molar-refractivity contribution in [2.45, 2.75) is 33.8 Å². The Labute approximate surface area is 150 Å². The molecule has 0 radical (unpaired) electrons. The standard InChI is InChI=1S/C19H20FNO5/c1-10-17(12(3)22)11(2)21-18(10)19(24)13(4)26-16(23)9-25-15-7-5-6-14(20)8-15/h5-8,13,21H,9H2,1-4H3/t13-/m1/s1. The topological polar surface area (TPSA) is 85.5 Å². The molecule has 138 valence electrons. The van der Waals surface area contributed by atoms with Gasteiger partial charge in [0, 0.05) is 17.3 Å². The van der Waals surface area contributed by atoms with Crippen molar-refractivity contribution in [3.8, 4) is 5.75 Å². The summed E-state index contributed by atoms with van der Waals surface area (Å²) in [6.45, 7) is 5.76. The number of H-pyrrole nitrogens is 1. The molecule has 0 amide bonds. The van der Waals surface area contributed by atoms with Gasteiger partial charge in [-0.25, -0.2) is 9.18 Å². The number of Topliss-reactive ketones (excluding diaryl/α,β-unsaturated/α-hetero) is 2. The lowest BCUT2D eigenvalue weighted by atomic mass is 10.0. The number of ether oxygens (including phenoxy) is 2. The summed E-state index contributed by atoms with van der Waals surface area (Å²) in [5, 5.41) is 0. The Kier molecular flexibility index (Phi) is 5.92. The first-order valence-electron chi connectivity index (χ1n) is 8.02. The van der Waals surface area contributed by atoms with Crippen molar-refractivity contribution >= 4 is 17.5 Å². The Balaban J connectivity index is 1.99. The Bertz CT molecular complexity index is 856. The molecule has 0 fully saturated rings. The molecular formula is C19H20FNO5. The Hall–Kier alpha value is -2.96. The molecular weight excluding hydrogens is 341 g/mol. The maximum Gasteiger partial charge on any atom is 0.344 e. The number of carbonyl (C=O) groups is 3. The van der Waals surface area contributed by atoms with Gasteiger partial charge < -0.3 is 14.5 Å². The smallest absolute Gasteiger partial charge is 0.344 e. The first kappa shape index (κ1) is 19.4. The molecule has 6 nitrogen and oxygen atoms in total. The molecule has 2 rings (SSSR count). The van der Waals surface area contributed by atoms with E-state index in [0.29, 0.717) is 16.8 Å². The highest BCUT2D eigenvalue weighted by Gasteiger charge is 2.26. The maximum absolute atomic E-state index is 13.1. The predicted octanol–water partition coefficient (Wildman–Crippen LogP) is 3.17. The Morgan fingerprint density at radius 2 is 1.92 bits per heavy atom. The summed E-state index contributed by atoms with van der Waals surface area (Å²) in [6.07, 6.45) is -1.06. The molecule has 0 aliphatic rings. The lowest BCUT2D eigenvalue weighted by Gasteiger charge is -2.13. The molecule has 1 atom stereocenters. The summed E-state index contributed by atoms with van der Waals surface area (Å²) in [7, 11) is 0. The number of ketones is 2. The van der Waals surface area contributed by atoms with E-state index in [4.69, 9.17) is 9.47 Å². The highest BCUT2D eigenvalue weighted by atomic mass is 19.1. The van der Waals surface area contributed by atoms with E-state index in [1.165, 1.54) is 32.0 Å². The van der Waals surface area contributed by atoms with E-state index < -0.39 is 30.3 Å². The van der Waals surface area contributed by atoms with Crippen LogP contribution in [0.15, 0.2) is 24.3 Å². The number of aromatic amines is 1. The van der Waals surface area contributed by atoms with E-state index >= 15 is 0 Å². The van der Waals surface area contributed by atoms with Crippen LogP contribution in [0.1, 0.15) is 46.0 Å². The van der Waals surface area contributed by atoms with Crippen molar-refractivity contribution in [3.05, 3.63) is 52.6 Å². The van der Waals surface area contributed by atoms with E-state index in [9.17, 15) is 18.8 Å². The van der Waals surface area contributed by atoms with Crippen LogP contribution in [0.2, 0.25) is 0 Å². The lowest BCUT2D eigenvalue weighted by Crippen LogP contribution is -2.28. The van der Waals surface area contributed by atoms with Gasteiger partial charge in [-0.15, -0.1) is 0 Å². The highest BCUT2D eigenvalue weighted by molar-refractivity contribution is 6.05. The molecule has 26 heavy (non-hydrogen) atoms. The summed E-state index contributed by atoms with van der Waals surface area (Å²) in [4.78, 5) is 38.9. The van der Waals surface area contributed by atoms with Gasteiger partial charge in [0.05, 0.1) is 5.69 Å². The Morgan fingerprint density at radius 1 is 1.23 bits per heavy atom. The predicted molar refractivity (Wildman–Crippen MR) is 92.1 cm³/mol. The normalized spacial score (nSPS) is 11.7. The van der Waals surface area contributed by atoms with E-state index in [1.54, 1.807) is 13.8 Å². The molecule has 0 bridgehead atoms. The number of rotatable bonds is 7. The second-order valence-electron chi connectivity index (χ2n) is 5.92. The molecule has 1 N–H and O–H groups in total. The minimum atomic E-state index is -1.06. The quantitative estimate of drug-likeness (QED) is 0.605. The van der Waals surface area contributed by atoms with Crippen molar-refractivity contribution < 1.29 is 28.2 Å². The minimum Gasteiger partial charge on any atom is -0.482 e. The fourth-order valence-electron chi connectivity index (χ4n) is 2.71. The van der Waals surface area contributed by atoms with Gasteiger partial charge in [-0.3, -0.25) is 9.59 Å². The molecule has 0 aliphatic heterocycles. The largest absolute Gasteiger partial charge is 0.482 e. The molecule has 2 aromatic rings. The van der Waals surface area contributed by atoms with Crippen LogP contribution in [-0.2, 0) is 9.53 Å². The minimum absolute atomic E-state index is 0.150. The zero-order valence-electron chi connectivity index (χ0n) is 15.0. The number of hydrogen-bond acceptors (Lipinski definition) is 5. The van der Waals surface area contributed by atoms with Crippen LogP contribution in [0.5, 0.6) is 5.75 Å². The second kappa shape index (κ2) is 7.95. The molecule has 0 spiro atoms. The maximum atomic E-state index is 13.1. The zero-order valence-corrected chi connectivity index (χ0v) is 15.0. The molecule has 0 saturated heterocycles. The van der Waals surface area contributed by atoms with Crippen LogP contribution in [0.4, 0.5) is 4.39 Å². The number of nitrogens with one attached hydrogen (secondary N) is 1. The number of hydrogen-bond donors (Lipinski definition) is 1. The average molecular weight is 361 g/mol. The van der Waals surface area contributed by atoms with Gasteiger partial charge in [0.25, 0.3) is 0 Å². The third-order valence-electron chi connectivity index (χ3n) is 3.87. The molecule has 0 unspecified atom stereocenters. The molecule has 1 aromatic carbocycles. The number of esters is 1. The lowest BCUT2D eigenvalue weighted by molar-refractivity contribution is -0.148. The summed E-state index contributed by atoms with van der Waals surface area (Å²) < 4.78 is 23.3. The molecule has 7 heteroatoms. The first-order chi connectivity index (χ1) is 12.2. The van der Waals surface area contributed by atoms with Crippen LogP contribution >= 0.6 is 0 Å². The SMILES string of the molecule is CC(=O)c1c(C)[nH]c(C(=O)[C@@H](C)OC(=O)COc2cccc(F)c2)c1C. The fraction of sp³-hybridized carbons (Fsp3) is 0.316. The van der Waals surface area contributed by atoms with Gasteiger partial charge in [-0.2, -0.15) is 0 Å². The van der Waals surface area contributed by atoms with E-state index in [-0.39, 0.29) is 17.2 Å². The van der Waals surface area contributed by atoms with Crippen LogP contribution in [-0.4, -0.2) is 35.2 Å². The third kappa shape index (κ3) is 4.36. The summed E-state index contributed by atoms with van der Waals surface area (Å²) in [5.74, 6) is -1.66.